The smallest absolute Gasteiger partial charge is 0.244 e. The van der Waals surface area contributed by atoms with E-state index in [1.165, 1.54) is 0 Å². The number of hydrogen-bond acceptors (Lipinski definition) is 3. The summed E-state index contributed by atoms with van der Waals surface area (Å²) in [5, 5.41) is 3.04. The third kappa shape index (κ3) is 3.33. The predicted octanol–water partition coefficient (Wildman–Crippen LogP) is 4.42. The molecule has 0 saturated heterocycles. The van der Waals surface area contributed by atoms with Crippen LogP contribution >= 0.6 is 0 Å². The van der Waals surface area contributed by atoms with E-state index >= 15 is 0 Å². The Labute approximate surface area is 165 Å². The van der Waals surface area contributed by atoms with E-state index < -0.39 is 0 Å². The fourth-order valence-electron chi connectivity index (χ4n) is 4.16. The van der Waals surface area contributed by atoms with Crippen molar-refractivity contribution in [3.63, 3.8) is 0 Å². The number of para-hydroxylation sites is 3. The maximum atomic E-state index is 13.2. The average Bonchev–Trinajstić information content (AvgIpc) is 3.12. The first-order valence-electron chi connectivity index (χ1n) is 9.94. The molecule has 1 aliphatic carbocycles. The summed E-state index contributed by atoms with van der Waals surface area (Å²) in [6.07, 6.45) is 3.47. The van der Waals surface area contributed by atoms with Gasteiger partial charge in [-0.3, -0.25) is 14.6 Å². The van der Waals surface area contributed by atoms with Crippen molar-refractivity contribution >= 4 is 34.6 Å². The molecule has 28 heavy (non-hydrogen) atoms. The molecule has 1 saturated carbocycles. The van der Waals surface area contributed by atoms with E-state index in [1.807, 2.05) is 49.4 Å². The number of carbonyl (C=O) groups excluding carboxylic acids is 2. The van der Waals surface area contributed by atoms with E-state index in [4.69, 9.17) is 4.99 Å². The van der Waals surface area contributed by atoms with Crippen molar-refractivity contribution in [2.45, 2.75) is 39.5 Å². The highest BCUT2D eigenvalue weighted by Gasteiger charge is 2.37. The third-order valence-corrected chi connectivity index (χ3v) is 5.63. The molecule has 1 fully saturated rings. The number of fused-ring (bicyclic) bond motifs is 2. The van der Waals surface area contributed by atoms with E-state index in [0.717, 1.165) is 53.9 Å². The summed E-state index contributed by atoms with van der Waals surface area (Å²) < 4.78 is 0. The predicted molar refractivity (Wildman–Crippen MR) is 112 cm³/mol. The van der Waals surface area contributed by atoms with Crippen LogP contribution in [0.1, 0.15) is 37.3 Å². The van der Waals surface area contributed by atoms with E-state index in [1.54, 1.807) is 4.90 Å². The quantitative estimate of drug-likeness (QED) is 0.860. The zero-order valence-electron chi connectivity index (χ0n) is 16.4. The molecule has 4 rings (SSSR count). The molecule has 1 aliphatic heterocycles. The van der Waals surface area contributed by atoms with Crippen LogP contribution < -0.4 is 10.2 Å². The third-order valence-electron chi connectivity index (χ3n) is 5.63. The van der Waals surface area contributed by atoms with E-state index in [0.29, 0.717) is 5.69 Å². The molecule has 2 aliphatic rings. The van der Waals surface area contributed by atoms with Gasteiger partial charge in [0.2, 0.25) is 11.8 Å². The molecular formula is C23H25N3O2. The lowest BCUT2D eigenvalue weighted by Gasteiger charge is -2.24. The Morgan fingerprint density at radius 3 is 2.86 bits per heavy atom. The van der Waals surface area contributed by atoms with E-state index in [9.17, 15) is 9.59 Å². The van der Waals surface area contributed by atoms with E-state index in [-0.39, 0.29) is 24.3 Å². The number of hydrogen-bond donors (Lipinski definition) is 1. The molecule has 0 aromatic heterocycles. The Morgan fingerprint density at radius 1 is 1.21 bits per heavy atom. The fourth-order valence-corrected chi connectivity index (χ4v) is 4.16. The lowest BCUT2D eigenvalue weighted by Crippen LogP contribution is -2.42. The highest BCUT2D eigenvalue weighted by Crippen LogP contribution is 2.37. The molecule has 0 radical (unpaired) electrons. The minimum Gasteiger partial charge on any atom is -0.324 e. The van der Waals surface area contributed by atoms with Gasteiger partial charge in [0, 0.05) is 11.4 Å². The van der Waals surface area contributed by atoms with Crippen LogP contribution in [0.15, 0.2) is 47.5 Å². The summed E-state index contributed by atoms with van der Waals surface area (Å²) in [5.74, 6) is -0.407. The van der Waals surface area contributed by atoms with Crippen molar-refractivity contribution in [1.82, 2.24) is 0 Å². The van der Waals surface area contributed by atoms with Gasteiger partial charge in [-0.15, -0.1) is 0 Å². The van der Waals surface area contributed by atoms with Gasteiger partial charge in [-0.05, 0) is 55.9 Å². The van der Waals surface area contributed by atoms with Gasteiger partial charge in [-0.1, -0.05) is 37.3 Å². The number of aliphatic imine (C=N–C) groups is 1. The molecule has 2 amide bonds. The molecule has 0 unspecified atom stereocenters. The topological polar surface area (TPSA) is 61.8 Å². The summed E-state index contributed by atoms with van der Waals surface area (Å²) in [4.78, 5) is 32.5. The van der Waals surface area contributed by atoms with Crippen molar-refractivity contribution < 1.29 is 9.59 Å². The summed E-state index contributed by atoms with van der Waals surface area (Å²) >= 11 is 0. The number of carbonyl (C=O) groups is 2. The van der Waals surface area contributed by atoms with Gasteiger partial charge in [0.25, 0.3) is 0 Å². The maximum Gasteiger partial charge on any atom is 0.244 e. The fraction of sp³-hybridized carbons (Fsp3) is 0.348. The van der Waals surface area contributed by atoms with Crippen LogP contribution in [0.3, 0.4) is 0 Å². The molecule has 0 spiro atoms. The van der Waals surface area contributed by atoms with Gasteiger partial charge in [0.15, 0.2) is 0 Å². The van der Waals surface area contributed by atoms with Gasteiger partial charge in [-0.2, -0.15) is 0 Å². The largest absolute Gasteiger partial charge is 0.324 e. The Morgan fingerprint density at radius 2 is 2.04 bits per heavy atom. The molecular weight excluding hydrogens is 350 g/mol. The molecule has 1 atom stereocenters. The summed E-state index contributed by atoms with van der Waals surface area (Å²) in [6.45, 7) is 4.05. The number of anilines is 2. The number of benzene rings is 2. The second-order valence-corrected chi connectivity index (χ2v) is 7.47. The first kappa shape index (κ1) is 18.4. The molecule has 144 valence electrons. The summed E-state index contributed by atoms with van der Waals surface area (Å²) in [5.41, 5.74) is 5.41. The van der Waals surface area contributed by atoms with Crippen LogP contribution in [0.2, 0.25) is 0 Å². The van der Waals surface area contributed by atoms with Crippen LogP contribution in [-0.2, 0) is 16.0 Å². The highest BCUT2D eigenvalue weighted by molar-refractivity contribution is 6.16. The standard InChI is InChI=1S/C23H25N3O2/c1-3-16-9-6-8-15(2)22(16)25-21(27)14-26-20-13-5-4-11-19(20)24-18-12-7-10-17(18)23(26)28/h4-6,8-9,11,13,17H,3,7,10,12,14H2,1-2H3,(H,25,27)/t17-/m1/s1. The molecule has 2 aromatic rings. The number of aryl methyl sites for hydroxylation is 2. The second-order valence-electron chi connectivity index (χ2n) is 7.47. The molecule has 0 bridgehead atoms. The lowest BCUT2D eigenvalue weighted by molar-refractivity contribution is -0.122. The monoisotopic (exact) mass is 375 g/mol. The van der Waals surface area contributed by atoms with Crippen molar-refractivity contribution in [2.75, 3.05) is 16.8 Å². The molecule has 1 N–H and O–H groups in total. The number of nitrogens with zero attached hydrogens (tertiary/aromatic N) is 2. The van der Waals surface area contributed by atoms with Crippen LogP contribution in [0.5, 0.6) is 0 Å². The van der Waals surface area contributed by atoms with Gasteiger partial charge < -0.3 is 10.2 Å². The summed E-state index contributed by atoms with van der Waals surface area (Å²) in [6, 6.07) is 13.6. The van der Waals surface area contributed by atoms with E-state index in [2.05, 4.69) is 12.2 Å². The normalized spacial score (nSPS) is 18.2. The minimum absolute atomic E-state index is 0.00731. The van der Waals surface area contributed by atoms with Crippen LogP contribution in [0.4, 0.5) is 17.1 Å². The zero-order valence-corrected chi connectivity index (χ0v) is 16.4. The van der Waals surface area contributed by atoms with Crippen LogP contribution in [-0.4, -0.2) is 24.1 Å². The van der Waals surface area contributed by atoms with Crippen molar-refractivity contribution in [3.05, 3.63) is 53.6 Å². The van der Waals surface area contributed by atoms with Crippen molar-refractivity contribution in [2.24, 2.45) is 10.9 Å². The first-order valence-corrected chi connectivity index (χ1v) is 9.94. The van der Waals surface area contributed by atoms with Crippen LogP contribution in [0, 0.1) is 12.8 Å². The maximum absolute atomic E-state index is 13.2. The minimum atomic E-state index is -0.204. The van der Waals surface area contributed by atoms with Gasteiger partial charge in [0.1, 0.15) is 6.54 Å². The zero-order chi connectivity index (χ0) is 19.7. The van der Waals surface area contributed by atoms with Crippen molar-refractivity contribution in [3.8, 4) is 0 Å². The average molecular weight is 375 g/mol. The molecule has 5 nitrogen and oxygen atoms in total. The Kier molecular flexibility index (Phi) is 4.99. The van der Waals surface area contributed by atoms with Crippen LogP contribution in [0.25, 0.3) is 0 Å². The highest BCUT2D eigenvalue weighted by atomic mass is 16.2. The van der Waals surface area contributed by atoms with Crippen molar-refractivity contribution in [1.29, 1.82) is 0 Å². The molecule has 2 aromatic carbocycles. The summed E-state index contributed by atoms with van der Waals surface area (Å²) in [7, 11) is 0. The van der Waals surface area contributed by atoms with Gasteiger partial charge >= 0.3 is 0 Å². The number of rotatable bonds is 4. The molecule has 5 heteroatoms. The van der Waals surface area contributed by atoms with Gasteiger partial charge in [-0.25, -0.2) is 0 Å². The SMILES string of the molecule is CCc1cccc(C)c1NC(=O)CN1C(=O)[C@@H]2CCCC2=Nc2ccccc21. The second kappa shape index (κ2) is 7.58. The lowest BCUT2D eigenvalue weighted by atomic mass is 10.0. The Hall–Kier alpha value is -2.95. The van der Waals surface area contributed by atoms with Gasteiger partial charge in [0.05, 0.1) is 17.3 Å². The molecule has 1 heterocycles. The number of nitrogens with one attached hydrogen (secondary N) is 1. The first-order chi connectivity index (χ1) is 13.6. The Balaban J connectivity index is 1.62. The Bertz CT molecular complexity index is 964. The number of amides is 2.